The van der Waals surface area contributed by atoms with Gasteiger partial charge in [0.2, 0.25) is 11.8 Å². The highest BCUT2D eigenvalue weighted by atomic mass is 16.5. The van der Waals surface area contributed by atoms with E-state index in [9.17, 15) is 4.79 Å². The van der Waals surface area contributed by atoms with Crippen LogP contribution in [-0.4, -0.2) is 41.2 Å². The van der Waals surface area contributed by atoms with Gasteiger partial charge >= 0.3 is 0 Å². The van der Waals surface area contributed by atoms with Gasteiger partial charge in [-0.15, -0.1) is 0 Å². The standard InChI is InChI=1S/C31H31N5O3/c1-21(3-4-24(18-32)25-7-10-28(38-2)34-19-25)36-30(37)31(12-15-39-16-13-31)27-8-5-22(6-9-27)26-17-23-11-14-33-29(23)35-20-26/h3-11,14,17-20H,1,12-13,15-16,32H2,2H3,(H,33,35)(H,36,37)/b4-3-,24-18+. The van der Waals surface area contributed by atoms with Gasteiger partial charge in [-0.05, 0) is 53.8 Å². The van der Waals surface area contributed by atoms with E-state index < -0.39 is 5.41 Å². The van der Waals surface area contributed by atoms with E-state index in [4.69, 9.17) is 15.2 Å². The van der Waals surface area contributed by atoms with Crippen molar-refractivity contribution < 1.29 is 14.3 Å². The molecule has 1 aromatic carbocycles. The Bertz CT molecular complexity index is 1530. The van der Waals surface area contributed by atoms with Gasteiger partial charge in [-0.25, -0.2) is 9.97 Å². The number of nitrogens with two attached hydrogens (primary N) is 1. The molecule has 0 bridgehead atoms. The van der Waals surface area contributed by atoms with Crippen molar-refractivity contribution >= 4 is 22.5 Å². The SMILES string of the molecule is C=C(/C=C\C(=C/N)c1ccc(OC)nc1)NC(=O)C1(c2ccc(-c3cnc4[nH]ccc4c3)cc2)CCOCC1. The highest BCUT2D eigenvalue weighted by Crippen LogP contribution is 2.36. The highest BCUT2D eigenvalue weighted by molar-refractivity contribution is 5.90. The minimum Gasteiger partial charge on any atom is -0.481 e. The first-order valence-electron chi connectivity index (χ1n) is 12.7. The van der Waals surface area contributed by atoms with Crippen LogP contribution in [-0.2, 0) is 14.9 Å². The summed E-state index contributed by atoms with van der Waals surface area (Å²) in [4.78, 5) is 25.6. The van der Waals surface area contributed by atoms with Crippen LogP contribution in [0.15, 0.2) is 97.7 Å². The fraction of sp³-hybridized carbons (Fsp3) is 0.194. The lowest BCUT2D eigenvalue weighted by Gasteiger charge is -2.36. The first-order valence-corrected chi connectivity index (χ1v) is 12.7. The molecule has 0 spiro atoms. The van der Waals surface area contributed by atoms with Crippen LogP contribution in [0.25, 0.3) is 27.7 Å². The molecule has 0 unspecified atom stereocenters. The number of ether oxygens (including phenoxy) is 2. The van der Waals surface area contributed by atoms with Gasteiger partial charge in [0.05, 0.1) is 12.5 Å². The largest absolute Gasteiger partial charge is 0.481 e. The molecule has 4 aromatic rings. The van der Waals surface area contributed by atoms with Gasteiger partial charge in [-0.3, -0.25) is 4.79 Å². The van der Waals surface area contributed by atoms with E-state index in [1.54, 1.807) is 31.5 Å². The van der Waals surface area contributed by atoms with Crippen LogP contribution in [0.1, 0.15) is 24.0 Å². The van der Waals surface area contributed by atoms with Crippen LogP contribution in [0.2, 0.25) is 0 Å². The van der Waals surface area contributed by atoms with E-state index >= 15 is 0 Å². The third kappa shape index (κ3) is 5.46. The van der Waals surface area contributed by atoms with Gasteiger partial charge in [0.15, 0.2) is 0 Å². The Morgan fingerprint density at radius 1 is 1.08 bits per heavy atom. The number of carbonyl (C=O) groups is 1. The molecule has 4 heterocycles. The summed E-state index contributed by atoms with van der Waals surface area (Å²) in [6.07, 6.45) is 11.6. The van der Waals surface area contributed by atoms with E-state index in [0.717, 1.165) is 38.9 Å². The maximum absolute atomic E-state index is 13.7. The van der Waals surface area contributed by atoms with Crippen molar-refractivity contribution in [3.05, 3.63) is 109 Å². The van der Waals surface area contributed by atoms with Gasteiger partial charge in [0.25, 0.3) is 0 Å². The Morgan fingerprint density at radius 2 is 1.87 bits per heavy atom. The molecule has 1 saturated heterocycles. The summed E-state index contributed by atoms with van der Waals surface area (Å²) in [7, 11) is 1.56. The van der Waals surface area contributed by atoms with Crippen LogP contribution in [0.3, 0.4) is 0 Å². The predicted molar refractivity (Wildman–Crippen MR) is 153 cm³/mol. The van der Waals surface area contributed by atoms with Gasteiger partial charge in [-0.1, -0.05) is 36.9 Å². The number of rotatable bonds is 8. The quantitative estimate of drug-likeness (QED) is 0.285. The average molecular weight is 522 g/mol. The van der Waals surface area contributed by atoms with E-state index in [0.29, 0.717) is 37.6 Å². The van der Waals surface area contributed by atoms with Crippen molar-refractivity contribution in [1.29, 1.82) is 0 Å². The smallest absolute Gasteiger partial charge is 0.235 e. The molecule has 0 radical (unpaired) electrons. The van der Waals surface area contributed by atoms with Crippen molar-refractivity contribution in [2.24, 2.45) is 5.73 Å². The number of nitrogens with zero attached hydrogens (tertiary/aromatic N) is 2. The number of aromatic amines is 1. The van der Waals surface area contributed by atoms with Crippen LogP contribution < -0.4 is 15.8 Å². The molecule has 4 N–H and O–H groups in total. The molecule has 8 nitrogen and oxygen atoms in total. The lowest BCUT2D eigenvalue weighted by atomic mass is 9.73. The Kier molecular flexibility index (Phi) is 7.56. The zero-order valence-corrected chi connectivity index (χ0v) is 21.8. The summed E-state index contributed by atoms with van der Waals surface area (Å²) in [6, 6.07) is 15.9. The number of benzene rings is 1. The molecular formula is C31H31N5O3. The summed E-state index contributed by atoms with van der Waals surface area (Å²) in [5.41, 5.74) is 11.0. The van der Waals surface area contributed by atoms with Crippen LogP contribution in [0, 0.1) is 0 Å². The van der Waals surface area contributed by atoms with Gasteiger partial charge in [0, 0.05) is 66.3 Å². The summed E-state index contributed by atoms with van der Waals surface area (Å²) in [5, 5.41) is 4.06. The molecule has 5 rings (SSSR count). The molecule has 1 amide bonds. The van der Waals surface area contributed by atoms with Crippen LogP contribution in [0.4, 0.5) is 0 Å². The van der Waals surface area contributed by atoms with Crippen molar-refractivity contribution in [3.8, 4) is 17.0 Å². The molecule has 39 heavy (non-hydrogen) atoms. The number of carbonyl (C=O) groups excluding carboxylic acids is 1. The second-order valence-corrected chi connectivity index (χ2v) is 9.44. The normalized spacial score (nSPS) is 15.4. The highest BCUT2D eigenvalue weighted by Gasteiger charge is 2.41. The molecule has 1 aliphatic rings. The number of methoxy groups -OCH3 is 1. The third-order valence-electron chi connectivity index (χ3n) is 7.15. The minimum absolute atomic E-state index is 0.104. The summed E-state index contributed by atoms with van der Waals surface area (Å²) in [6.45, 7) is 5.07. The van der Waals surface area contributed by atoms with Crippen molar-refractivity contribution in [1.82, 2.24) is 20.3 Å². The maximum atomic E-state index is 13.7. The van der Waals surface area contributed by atoms with Crippen molar-refractivity contribution in [2.75, 3.05) is 20.3 Å². The van der Waals surface area contributed by atoms with Crippen LogP contribution in [0.5, 0.6) is 5.88 Å². The fourth-order valence-corrected chi connectivity index (χ4v) is 4.86. The molecule has 1 fully saturated rings. The molecular weight excluding hydrogens is 490 g/mol. The Hall–Kier alpha value is -4.69. The van der Waals surface area contributed by atoms with E-state index in [1.807, 2.05) is 48.8 Å². The number of amides is 1. The first kappa shape index (κ1) is 25.9. The van der Waals surface area contributed by atoms with E-state index in [2.05, 4.69) is 32.9 Å². The average Bonchev–Trinajstić information content (AvgIpc) is 3.46. The predicted octanol–water partition coefficient (Wildman–Crippen LogP) is 4.87. The zero-order chi connectivity index (χ0) is 27.2. The number of nitrogens with one attached hydrogen (secondary N) is 2. The lowest BCUT2D eigenvalue weighted by molar-refractivity contribution is -0.129. The fourth-order valence-electron chi connectivity index (χ4n) is 4.86. The molecule has 1 aliphatic heterocycles. The second kappa shape index (κ2) is 11.4. The molecule has 8 heteroatoms. The zero-order valence-electron chi connectivity index (χ0n) is 21.8. The van der Waals surface area contributed by atoms with Crippen molar-refractivity contribution in [3.63, 3.8) is 0 Å². The monoisotopic (exact) mass is 521 g/mol. The summed E-state index contributed by atoms with van der Waals surface area (Å²) < 4.78 is 10.7. The maximum Gasteiger partial charge on any atom is 0.235 e. The number of H-pyrrole nitrogens is 1. The molecule has 3 aromatic heterocycles. The number of hydrogen-bond acceptors (Lipinski definition) is 6. The Labute approximate surface area is 227 Å². The Balaban J connectivity index is 1.33. The van der Waals surface area contributed by atoms with E-state index in [1.165, 1.54) is 6.20 Å². The molecule has 0 aliphatic carbocycles. The number of hydrogen-bond donors (Lipinski definition) is 3. The minimum atomic E-state index is -0.719. The summed E-state index contributed by atoms with van der Waals surface area (Å²) >= 11 is 0. The second-order valence-electron chi connectivity index (χ2n) is 9.44. The van der Waals surface area contributed by atoms with E-state index in [-0.39, 0.29) is 5.91 Å². The number of fused-ring (bicyclic) bond motifs is 1. The Morgan fingerprint density at radius 3 is 2.56 bits per heavy atom. The first-order chi connectivity index (χ1) is 19.0. The van der Waals surface area contributed by atoms with Crippen molar-refractivity contribution in [2.45, 2.75) is 18.3 Å². The van der Waals surface area contributed by atoms with Gasteiger partial charge < -0.3 is 25.5 Å². The van der Waals surface area contributed by atoms with Gasteiger partial charge in [0.1, 0.15) is 5.65 Å². The summed E-state index contributed by atoms with van der Waals surface area (Å²) in [5.74, 6) is 0.414. The topological polar surface area (TPSA) is 115 Å². The third-order valence-corrected chi connectivity index (χ3v) is 7.15. The van der Waals surface area contributed by atoms with Gasteiger partial charge in [-0.2, -0.15) is 0 Å². The lowest BCUT2D eigenvalue weighted by Crippen LogP contribution is -2.47. The number of allylic oxidation sites excluding steroid dienone is 3. The van der Waals surface area contributed by atoms with Crippen LogP contribution >= 0.6 is 0 Å². The molecule has 0 atom stereocenters. The molecule has 198 valence electrons. The molecule has 0 saturated carbocycles. The number of pyridine rings is 2. The number of aromatic nitrogens is 3.